The lowest BCUT2D eigenvalue weighted by molar-refractivity contribution is 0.902. The maximum atomic E-state index is 11.2. The van der Waals surface area contributed by atoms with Crippen molar-refractivity contribution in [2.75, 3.05) is 0 Å². The van der Waals surface area contributed by atoms with Crippen LogP contribution in [0.4, 0.5) is 0 Å². The van der Waals surface area contributed by atoms with Crippen LogP contribution in [0.1, 0.15) is 0 Å². The van der Waals surface area contributed by atoms with Gasteiger partial charge >= 0.3 is 5.69 Å². The molecular weight excluding hydrogens is 192 g/mol. The molecule has 0 radical (unpaired) electrons. The number of imidazole rings is 1. The molecule has 0 spiro atoms. The van der Waals surface area contributed by atoms with Crippen molar-refractivity contribution >= 4 is 23.4 Å². The normalized spacial score (nSPS) is 10.8. The Hall–Kier alpha value is -1.63. The molecule has 68 valence electrons. The molecule has 13 heavy (non-hydrogen) atoms. The average molecular weight is 198 g/mol. The Kier molecular flexibility index (Phi) is 1.49. The van der Waals surface area contributed by atoms with E-state index in [0.717, 1.165) is 0 Å². The molecule has 3 N–H and O–H groups in total. The van der Waals surface area contributed by atoms with E-state index < -0.39 is 11.2 Å². The van der Waals surface area contributed by atoms with E-state index >= 15 is 0 Å². The first-order valence-corrected chi connectivity index (χ1v) is 3.92. The van der Waals surface area contributed by atoms with Gasteiger partial charge in [-0.05, 0) is 12.2 Å². The van der Waals surface area contributed by atoms with Gasteiger partial charge in [0.15, 0.2) is 4.77 Å². The second kappa shape index (κ2) is 2.43. The highest BCUT2D eigenvalue weighted by atomic mass is 32.1. The van der Waals surface area contributed by atoms with Crippen molar-refractivity contribution in [3.05, 3.63) is 25.6 Å². The topological polar surface area (TPSA) is 86.4 Å². The molecule has 0 aromatic carbocycles. The predicted octanol–water partition coefficient (Wildman–Crippen LogP) is -0.388. The minimum Gasteiger partial charge on any atom is -0.325 e. The van der Waals surface area contributed by atoms with E-state index in [1.165, 1.54) is 4.57 Å². The summed E-state index contributed by atoms with van der Waals surface area (Å²) < 4.78 is 1.92. The van der Waals surface area contributed by atoms with E-state index in [1.54, 1.807) is 7.05 Å². The molecule has 0 aliphatic carbocycles. The molecule has 0 atom stereocenters. The van der Waals surface area contributed by atoms with Crippen LogP contribution in [0.3, 0.4) is 0 Å². The zero-order valence-electron chi connectivity index (χ0n) is 6.67. The fraction of sp³-hybridized carbons (Fsp3) is 0.167. The SMILES string of the molecule is Cn1c(=S)[nH]c2c(=O)[nH]c(=O)[nH]c21. The van der Waals surface area contributed by atoms with Crippen LogP contribution in [-0.4, -0.2) is 19.5 Å². The van der Waals surface area contributed by atoms with E-state index in [2.05, 4.69) is 15.0 Å². The van der Waals surface area contributed by atoms with Gasteiger partial charge in [0.25, 0.3) is 5.56 Å². The highest BCUT2D eigenvalue weighted by Gasteiger charge is 2.05. The van der Waals surface area contributed by atoms with Crippen molar-refractivity contribution in [3.8, 4) is 0 Å². The Bertz CT molecular complexity index is 628. The van der Waals surface area contributed by atoms with Crippen LogP contribution in [0.2, 0.25) is 0 Å². The van der Waals surface area contributed by atoms with Gasteiger partial charge in [0.2, 0.25) is 0 Å². The Morgan fingerprint density at radius 3 is 2.62 bits per heavy atom. The summed E-state index contributed by atoms with van der Waals surface area (Å²) in [6.45, 7) is 0. The lowest BCUT2D eigenvalue weighted by atomic mass is 10.5. The molecule has 6 nitrogen and oxygen atoms in total. The van der Waals surface area contributed by atoms with Crippen molar-refractivity contribution in [2.24, 2.45) is 7.05 Å². The lowest BCUT2D eigenvalue weighted by Crippen LogP contribution is -2.22. The molecule has 0 bridgehead atoms. The summed E-state index contributed by atoms with van der Waals surface area (Å²) in [7, 11) is 1.66. The minimum absolute atomic E-state index is 0.284. The Balaban J connectivity index is 3.22. The van der Waals surface area contributed by atoms with Gasteiger partial charge in [-0.2, -0.15) is 0 Å². The Labute approximate surface area is 76.2 Å². The summed E-state index contributed by atoms with van der Waals surface area (Å²) in [6.07, 6.45) is 0. The second-order valence-corrected chi connectivity index (χ2v) is 3.01. The van der Waals surface area contributed by atoms with Gasteiger partial charge in [0.1, 0.15) is 11.2 Å². The van der Waals surface area contributed by atoms with E-state index in [4.69, 9.17) is 12.2 Å². The first-order chi connectivity index (χ1) is 6.09. The number of nitrogens with zero attached hydrogens (tertiary/aromatic N) is 1. The summed E-state index contributed by atoms with van der Waals surface area (Å²) in [4.78, 5) is 29.3. The van der Waals surface area contributed by atoms with Crippen LogP contribution >= 0.6 is 12.2 Å². The number of aromatic amines is 3. The third-order valence-electron chi connectivity index (χ3n) is 1.79. The number of aromatic nitrogens is 4. The first-order valence-electron chi connectivity index (χ1n) is 3.51. The van der Waals surface area contributed by atoms with Crippen molar-refractivity contribution in [1.29, 1.82) is 0 Å². The summed E-state index contributed by atoms with van der Waals surface area (Å²) in [5.74, 6) is 0. The number of hydrogen-bond donors (Lipinski definition) is 3. The number of fused-ring (bicyclic) bond motifs is 1. The predicted molar refractivity (Wildman–Crippen MR) is 49.3 cm³/mol. The summed E-state index contributed by atoms with van der Waals surface area (Å²) in [5.41, 5.74) is -0.321. The van der Waals surface area contributed by atoms with E-state index in [9.17, 15) is 9.59 Å². The number of rotatable bonds is 0. The molecule has 2 rings (SSSR count). The van der Waals surface area contributed by atoms with Crippen LogP contribution in [0.25, 0.3) is 11.2 Å². The van der Waals surface area contributed by atoms with Gasteiger partial charge in [-0.1, -0.05) is 0 Å². The number of hydrogen-bond acceptors (Lipinski definition) is 3. The molecule has 2 heterocycles. The Morgan fingerprint density at radius 1 is 1.23 bits per heavy atom. The molecule has 2 aromatic rings. The molecule has 0 aliphatic heterocycles. The number of nitrogens with one attached hydrogen (secondary N) is 3. The highest BCUT2D eigenvalue weighted by molar-refractivity contribution is 7.71. The summed E-state index contributed by atoms with van der Waals surface area (Å²) in [6, 6.07) is 0. The van der Waals surface area contributed by atoms with Crippen LogP contribution in [0, 0.1) is 4.77 Å². The van der Waals surface area contributed by atoms with Gasteiger partial charge in [-0.25, -0.2) is 4.79 Å². The van der Waals surface area contributed by atoms with E-state index in [0.29, 0.717) is 10.4 Å². The third kappa shape index (κ3) is 1.04. The summed E-state index contributed by atoms with van der Waals surface area (Å²) >= 11 is 4.89. The smallest absolute Gasteiger partial charge is 0.325 e. The fourth-order valence-electron chi connectivity index (χ4n) is 1.13. The molecule has 0 saturated carbocycles. The van der Waals surface area contributed by atoms with Crippen LogP contribution in [0.5, 0.6) is 0 Å². The van der Waals surface area contributed by atoms with Gasteiger partial charge < -0.3 is 9.55 Å². The van der Waals surface area contributed by atoms with E-state index in [-0.39, 0.29) is 5.52 Å². The van der Waals surface area contributed by atoms with Crippen molar-refractivity contribution in [1.82, 2.24) is 19.5 Å². The second-order valence-electron chi connectivity index (χ2n) is 2.62. The molecule has 0 amide bonds. The highest BCUT2D eigenvalue weighted by Crippen LogP contribution is 2.01. The molecule has 0 saturated heterocycles. The van der Waals surface area contributed by atoms with Crippen LogP contribution in [0.15, 0.2) is 9.59 Å². The van der Waals surface area contributed by atoms with Gasteiger partial charge in [-0.15, -0.1) is 0 Å². The lowest BCUT2D eigenvalue weighted by Gasteiger charge is -1.91. The molecule has 2 aromatic heterocycles. The van der Waals surface area contributed by atoms with Gasteiger partial charge in [0, 0.05) is 7.05 Å². The molecule has 0 aliphatic rings. The third-order valence-corrected chi connectivity index (χ3v) is 2.17. The van der Waals surface area contributed by atoms with Gasteiger partial charge in [0.05, 0.1) is 0 Å². The van der Waals surface area contributed by atoms with Crippen LogP contribution < -0.4 is 11.2 Å². The zero-order chi connectivity index (χ0) is 9.59. The quantitative estimate of drug-likeness (QED) is 0.504. The van der Waals surface area contributed by atoms with E-state index in [1.807, 2.05) is 0 Å². The minimum atomic E-state index is -0.540. The number of aryl methyl sites for hydroxylation is 1. The summed E-state index contributed by atoms with van der Waals surface area (Å²) in [5, 5.41) is 0. The van der Waals surface area contributed by atoms with Crippen LogP contribution in [-0.2, 0) is 7.05 Å². The zero-order valence-corrected chi connectivity index (χ0v) is 7.49. The van der Waals surface area contributed by atoms with Crippen molar-refractivity contribution in [2.45, 2.75) is 0 Å². The molecule has 0 fully saturated rings. The largest absolute Gasteiger partial charge is 0.327 e. The maximum Gasteiger partial charge on any atom is 0.327 e. The van der Waals surface area contributed by atoms with Crippen molar-refractivity contribution in [3.63, 3.8) is 0 Å². The number of H-pyrrole nitrogens is 3. The molecule has 0 unspecified atom stereocenters. The average Bonchev–Trinajstić information content (AvgIpc) is 2.32. The molecular formula is C6H6N4O2S. The molecule has 7 heteroatoms. The maximum absolute atomic E-state index is 11.2. The van der Waals surface area contributed by atoms with Crippen molar-refractivity contribution < 1.29 is 0 Å². The fourth-order valence-corrected chi connectivity index (χ4v) is 1.33. The van der Waals surface area contributed by atoms with Gasteiger partial charge in [-0.3, -0.25) is 14.8 Å². The monoisotopic (exact) mass is 198 g/mol. The standard InChI is InChI=1S/C6H6N4O2S/c1-10-3-2(7-6(10)13)4(11)9-5(12)8-3/h1H3,(H,7,13)(H2,8,9,11,12). The Morgan fingerprint density at radius 2 is 1.92 bits per heavy atom. The first kappa shape index (κ1) is 7.99.